The number of aromatic amines is 1. The number of rotatable bonds is 5. The van der Waals surface area contributed by atoms with Gasteiger partial charge in [-0.3, -0.25) is 14.7 Å². The van der Waals surface area contributed by atoms with Gasteiger partial charge in [0, 0.05) is 19.7 Å². The maximum Gasteiger partial charge on any atom is 0.257 e. The van der Waals surface area contributed by atoms with Crippen molar-refractivity contribution in [1.29, 1.82) is 0 Å². The van der Waals surface area contributed by atoms with Gasteiger partial charge in [-0.25, -0.2) is 0 Å². The Kier molecular flexibility index (Phi) is 5.34. The lowest BCUT2D eigenvalue weighted by Crippen LogP contribution is -2.51. The summed E-state index contributed by atoms with van der Waals surface area (Å²) in [6.07, 6.45) is -0.811. The Bertz CT molecular complexity index is 774. The van der Waals surface area contributed by atoms with Gasteiger partial charge < -0.3 is 19.9 Å². The van der Waals surface area contributed by atoms with Crippen LogP contribution < -0.4 is 5.32 Å². The molecule has 1 aromatic carbocycles. The maximum absolute atomic E-state index is 12.8. The number of aromatic nitrogens is 2. The predicted molar refractivity (Wildman–Crippen MR) is 96.3 cm³/mol. The van der Waals surface area contributed by atoms with Gasteiger partial charge in [-0.2, -0.15) is 5.10 Å². The third-order valence-electron chi connectivity index (χ3n) is 4.25. The standard InChI is InChI=1S/C18H23N5O3/c1-22(2)10-13-9-14(21-20-13)19-18(25)17-16(12-7-5-4-6-8-12)23(3)15(24)11-26-17/h4-9,16-17H,10-11H2,1-3H3,(H2,19,20,21,25). The van der Waals surface area contributed by atoms with Crippen molar-refractivity contribution in [3.63, 3.8) is 0 Å². The van der Waals surface area contributed by atoms with E-state index in [1.165, 1.54) is 0 Å². The molecule has 2 amide bonds. The second-order valence-electron chi connectivity index (χ2n) is 6.60. The van der Waals surface area contributed by atoms with Crippen LogP contribution in [0.5, 0.6) is 0 Å². The first kappa shape index (κ1) is 18.1. The number of nitrogens with zero attached hydrogens (tertiary/aromatic N) is 3. The third kappa shape index (κ3) is 3.92. The lowest BCUT2D eigenvalue weighted by Gasteiger charge is -2.38. The smallest absolute Gasteiger partial charge is 0.257 e. The first-order valence-electron chi connectivity index (χ1n) is 8.38. The van der Waals surface area contributed by atoms with E-state index in [2.05, 4.69) is 15.5 Å². The van der Waals surface area contributed by atoms with Crippen LogP contribution in [0.25, 0.3) is 0 Å². The summed E-state index contributed by atoms with van der Waals surface area (Å²) in [4.78, 5) is 28.4. The summed E-state index contributed by atoms with van der Waals surface area (Å²) in [7, 11) is 5.59. The van der Waals surface area contributed by atoms with Crippen molar-refractivity contribution in [2.24, 2.45) is 0 Å². The quantitative estimate of drug-likeness (QED) is 0.833. The van der Waals surface area contributed by atoms with Crippen LogP contribution in [-0.4, -0.2) is 65.7 Å². The fourth-order valence-electron chi connectivity index (χ4n) is 3.02. The van der Waals surface area contributed by atoms with Gasteiger partial charge in [0.15, 0.2) is 11.9 Å². The molecule has 0 radical (unpaired) electrons. The van der Waals surface area contributed by atoms with Gasteiger partial charge in [-0.05, 0) is 19.7 Å². The van der Waals surface area contributed by atoms with E-state index in [0.29, 0.717) is 12.4 Å². The average Bonchev–Trinajstić information content (AvgIpc) is 3.03. The molecule has 2 unspecified atom stereocenters. The van der Waals surface area contributed by atoms with E-state index in [-0.39, 0.29) is 18.4 Å². The normalized spacial score (nSPS) is 20.5. The lowest BCUT2D eigenvalue weighted by molar-refractivity contribution is -0.160. The Labute approximate surface area is 152 Å². The number of anilines is 1. The summed E-state index contributed by atoms with van der Waals surface area (Å²) in [5.74, 6) is -0.0566. The van der Waals surface area contributed by atoms with Gasteiger partial charge in [0.2, 0.25) is 5.91 Å². The van der Waals surface area contributed by atoms with Crippen molar-refractivity contribution >= 4 is 17.6 Å². The van der Waals surface area contributed by atoms with Crippen LogP contribution in [0.1, 0.15) is 17.3 Å². The molecule has 1 saturated heterocycles. The molecular formula is C18H23N5O3. The highest BCUT2D eigenvalue weighted by molar-refractivity contribution is 5.95. The topological polar surface area (TPSA) is 90.6 Å². The number of benzene rings is 1. The average molecular weight is 357 g/mol. The van der Waals surface area contributed by atoms with Crippen molar-refractivity contribution in [2.45, 2.75) is 18.7 Å². The lowest BCUT2D eigenvalue weighted by atomic mass is 9.97. The number of amides is 2. The number of hydrogen-bond acceptors (Lipinski definition) is 5. The minimum Gasteiger partial charge on any atom is -0.356 e. The summed E-state index contributed by atoms with van der Waals surface area (Å²) >= 11 is 0. The second kappa shape index (κ2) is 7.67. The van der Waals surface area contributed by atoms with E-state index >= 15 is 0 Å². The molecule has 0 aliphatic carbocycles. The molecule has 1 aliphatic heterocycles. The number of likely N-dealkylation sites (N-methyl/N-ethyl adjacent to an activating group) is 1. The minimum atomic E-state index is -0.811. The fourth-order valence-corrected chi connectivity index (χ4v) is 3.02. The van der Waals surface area contributed by atoms with Crippen molar-refractivity contribution in [2.75, 3.05) is 33.1 Å². The van der Waals surface area contributed by atoms with Gasteiger partial charge in [0.1, 0.15) is 6.61 Å². The number of morpholine rings is 1. The van der Waals surface area contributed by atoms with E-state index < -0.39 is 12.1 Å². The Hall–Kier alpha value is -2.71. The first-order chi connectivity index (χ1) is 12.5. The summed E-state index contributed by atoms with van der Waals surface area (Å²) in [6, 6.07) is 10.7. The molecule has 0 spiro atoms. The summed E-state index contributed by atoms with van der Waals surface area (Å²) in [5.41, 5.74) is 1.74. The SMILES string of the molecule is CN(C)Cc1cc(NC(=O)C2OCC(=O)N(C)C2c2ccccc2)n[nH]1. The van der Waals surface area contributed by atoms with Crippen molar-refractivity contribution in [3.8, 4) is 0 Å². The Morgan fingerprint density at radius 1 is 1.38 bits per heavy atom. The molecule has 2 aromatic rings. The Morgan fingerprint density at radius 3 is 2.81 bits per heavy atom. The molecule has 1 fully saturated rings. The minimum absolute atomic E-state index is 0.121. The molecule has 1 aromatic heterocycles. The van der Waals surface area contributed by atoms with Crippen molar-refractivity contribution in [3.05, 3.63) is 47.7 Å². The van der Waals surface area contributed by atoms with Crippen LogP contribution in [0.3, 0.4) is 0 Å². The van der Waals surface area contributed by atoms with Gasteiger partial charge in [-0.1, -0.05) is 30.3 Å². The Balaban J connectivity index is 1.78. The van der Waals surface area contributed by atoms with E-state index in [1.54, 1.807) is 18.0 Å². The molecule has 8 nitrogen and oxygen atoms in total. The highest BCUT2D eigenvalue weighted by Crippen LogP contribution is 2.29. The number of ether oxygens (including phenoxy) is 1. The molecule has 3 rings (SSSR count). The van der Waals surface area contributed by atoms with Crippen LogP contribution >= 0.6 is 0 Å². The largest absolute Gasteiger partial charge is 0.356 e. The Morgan fingerprint density at radius 2 is 2.12 bits per heavy atom. The zero-order valence-electron chi connectivity index (χ0n) is 15.1. The highest BCUT2D eigenvalue weighted by Gasteiger charge is 2.40. The number of nitrogens with one attached hydrogen (secondary N) is 2. The predicted octanol–water partition coefficient (Wildman–Crippen LogP) is 1.01. The van der Waals surface area contributed by atoms with E-state index in [1.807, 2.05) is 49.3 Å². The van der Waals surface area contributed by atoms with Crippen LogP contribution in [0, 0.1) is 0 Å². The molecule has 26 heavy (non-hydrogen) atoms. The van der Waals surface area contributed by atoms with E-state index in [0.717, 1.165) is 11.3 Å². The monoisotopic (exact) mass is 357 g/mol. The fraction of sp³-hybridized carbons (Fsp3) is 0.389. The number of hydrogen-bond donors (Lipinski definition) is 2. The second-order valence-corrected chi connectivity index (χ2v) is 6.60. The number of H-pyrrole nitrogens is 1. The molecule has 8 heteroatoms. The summed E-state index contributed by atoms with van der Waals surface area (Å²) in [6.45, 7) is 0.567. The molecule has 1 aliphatic rings. The van der Waals surface area contributed by atoms with E-state index in [4.69, 9.17) is 4.74 Å². The molecular weight excluding hydrogens is 334 g/mol. The van der Waals surface area contributed by atoms with Crippen LogP contribution in [0.15, 0.2) is 36.4 Å². The van der Waals surface area contributed by atoms with Gasteiger partial charge in [-0.15, -0.1) is 0 Å². The van der Waals surface area contributed by atoms with Crippen LogP contribution in [-0.2, 0) is 20.9 Å². The van der Waals surface area contributed by atoms with Crippen molar-refractivity contribution in [1.82, 2.24) is 20.0 Å². The molecule has 138 valence electrons. The van der Waals surface area contributed by atoms with E-state index in [9.17, 15) is 9.59 Å². The zero-order chi connectivity index (χ0) is 18.7. The zero-order valence-corrected chi connectivity index (χ0v) is 15.1. The molecule has 0 bridgehead atoms. The van der Waals surface area contributed by atoms with Gasteiger partial charge in [0.05, 0.1) is 11.7 Å². The molecule has 2 atom stereocenters. The summed E-state index contributed by atoms with van der Waals surface area (Å²) < 4.78 is 5.58. The van der Waals surface area contributed by atoms with Crippen molar-refractivity contribution < 1.29 is 14.3 Å². The number of carbonyl (C=O) groups excluding carboxylic acids is 2. The first-order valence-corrected chi connectivity index (χ1v) is 8.38. The molecule has 0 saturated carbocycles. The third-order valence-corrected chi connectivity index (χ3v) is 4.25. The highest BCUT2D eigenvalue weighted by atomic mass is 16.5. The van der Waals surface area contributed by atoms with Crippen LogP contribution in [0.2, 0.25) is 0 Å². The van der Waals surface area contributed by atoms with Crippen LogP contribution in [0.4, 0.5) is 5.82 Å². The number of carbonyl (C=O) groups is 2. The molecule has 2 heterocycles. The van der Waals surface area contributed by atoms with Gasteiger partial charge in [0.25, 0.3) is 5.91 Å². The maximum atomic E-state index is 12.8. The summed E-state index contributed by atoms with van der Waals surface area (Å²) in [5, 5.41) is 9.79. The molecule has 2 N–H and O–H groups in total. The van der Waals surface area contributed by atoms with Gasteiger partial charge >= 0.3 is 0 Å².